The van der Waals surface area contributed by atoms with Crippen molar-refractivity contribution in [3.05, 3.63) is 70.4 Å². The summed E-state index contributed by atoms with van der Waals surface area (Å²) in [6.45, 7) is 3.55. The van der Waals surface area contributed by atoms with Crippen molar-refractivity contribution in [2.75, 3.05) is 11.9 Å². The fraction of sp³-hybridized carbons (Fsp3) is 0.333. The Morgan fingerprint density at radius 1 is 1.37 bits per heavy atom. The first-order valence-corrected chi connectivity index (χ1v) is 11.8. The second-order valence-corrected chi connectivity index (χ2v) is 9.18. The number of aromatic nitrogens is 1. The van der Waals surface area contributed by atoms with E-state index in [2.05, 4.69) is 43.9 Å². The summed E-state index contributed by atoms with van der Waals surface area (Å²) >= 11 is 0. The first-order chi connectivity index (χ1) is 17.0. The molecule has 4 heterocycles. The number of amides is 1. The Bertz CT molecular complexity index is 1300. The van der Waals surface area contributed by atoms with Crippen molar-refractivity contribution in [2.24, 2.45) is 4.99 Å². The molecule has 1 unspecified atom stereocenters. The molecule has 176 valence electrons. The molecule has 1 saturated carbocycles. The van der Waals surface area contributed by atoms with Crippen molar-refractivity contribution < 1.29 is 9.59 Å². The van der Waals surface area contributed by atoms with Gasteiger partial charge in [0.25, 0.3) is 0 Å². The van der Waals surface area contributed by atoms with Gasteiger partial charge >= 0.3 is 0 Å². The number of dihydropyridines is 1. The van der Waals surface area contributed by atoms with Crippen LogP contribution < -0.4 is 10.6 Å². The Hall–Kier alpha value is -4.21. The molecule has 3 aliphatic heterocycles. The smallest absolute Gasteiger partial charge is 0.250 e. The summed E-state index contributed by atoms with van der Waals surface area (Å²) in [5.74, 6) is 1.76. The maximum atomic E-state index is 12.4. The normalized spacial score (nSPS) is 23.5. The summed E-state index contributed by atoms with van der Waals surface area (Å²) in [5, 5.41) is 15.1. The zero-order chi connectivity index (χ0) is 24.4. The first-order valence-electron chi connectivity index (χ1n) is 11.8. The van der Waals surface area contributed by atoms with E-state index in [0.29, 0.717) is 25.1 Å². The molecule has 1 fully saturated rings. The third kappa shape index (κ3) is 4.72. The van der Waals surface area contributed by atoms with Gasteiger partial charge in [-0.2, -0.15) is 5.26 Å². The number of nitrogens with zero attached hydrogens (tertiary/aromatic N) is 4. The van der Waals surface area contributed by atoms with E-state index in [1.165, 1.54) is 5.57 Å². The van der Waals surface area contributed by atoms with Crippen LogP contribution in [0.3, 0.4) is 0 Å². The van der Waals surface area contributed by atoms with E-state index in [0.717, 1.165) is 47.5 Å². The fourth-order valence-corrected chi connectivity index (χ4v) is 4.36. The highest BCUT2D eigenvalue weighted by Gasteiger charge is 2.45. The summed E-state index contributed by atoms with van der Waals surface area (Å²) in [4.78, 5) is 34.8. The number of rotatable bonds is 5. The van der Waals surface area contributed by atoms with Gasteiger partial charge < -0.3 is 15.5 Å². The summed E-state index contributed by atoms with van der Waals surface area (Å²) in [7, 11) is 0. The Kier molecular flexibility index (Phi) is 5.94. The number of hydrogen-bond acceptors (Lipinski definition) is 7. The van der Waals surface area contributed by atoms with E-state index >= 15 is 0 Å². The van der Waals surface area contributed by atoms with Crippen molar-refractivity contribution >= 4 is 29.8 Å². The second-order valence-electron chi connectivity index (χ2n) is 9.18. The molecule has 0 bridgehead atoms. The van der Waals surface area contributed by atoms with Crippen LogP contribution in [0.1, 0.15) is 43.9 Å². The van der Waals surface area contributed by atoms with E-state index in [-0.39, 0.29) is 5.91 Å². The van der Waals surface area contributed by atoms with Gasteiger partial charge in [0.2, 0.25) is 5.91 Å². The van der Waals surface area contributed by atoms with Gasteiger partial charge in [0, 0.05) is 25.5 Å². The first kappa shape index (κ1) is 22.6. The number of allylic oxidation sites excluding steroid dienone is 4. The lowest BCUT2D eigenvalue weighted by Gasteiger charge is -2.26. The molecule has 8 heteroatoms. The molecule has 4 aliphatic rings. The zero-order valence-electron chi connectivity index (χ0n) is 19.5. The molecule has 1 aromatic rings. The minimum absolute atomic E-state index is 0.226. The molecule has 5 rings (SSSR count). The van der Waals surface area contributed by atoms with E-state index in [1.807, 2.05) is 37.3 Å². The van der Waals surface area contributed by atoms with Crippen LogP contribution in [0.25, 0.3) is 6.08 Å². The minimum atomic E-state index is -0.680. The van der Waals surface area contributed by atoms with Crippen molar-refractivity contribution in [2.45, 2.75) is 50.7 Å². The molecular formula is C27H26N6O2. The Morgan fingerprint density at radius 2 is 2.23 bits per heavy atom. The van der Waals surface area contributed by atoms with E-state index in [1.54, 1.807) is 12.3 Å². The molecule has 1 amide bonds. The quantitative estimate of drug-likeness (QED) is 0.645. The zero-order valence-corrected chi connectivity index (χ0v) is 19.5. The largest absolute Gasteiger partial charge is 0.373 e. The van der Waals surface area contributed by atoms with Crippen LogP contribution in [-0.4, -0.2) is 46.1 Å². The lowest BCUT2D eigenvalue weighted by Crippen LogP contribution is -2.41. The number of anilines is 1. The number of aliphatic imine (C=N–C) groups is 1. The monoisotopic (exact) mass is 466 g/mol. The number of carbonyl (C=O) groups is 1. The highest BCUT2D eigenvalue weighted by Crippen LogP contribution is 2.34. The fourth-order valence-electron chi connectivity index (χ4n) is 4.36. The Morgan fingerprint density at radius 3 is 2.86 bits per heavy atom. The highest BCUT2D eigenvalue weighted by atomic mass is 16.2. The van der Waals surface area contributed by atoms with Crippen LogP contribution in [0, 0.1) is 11.3 Å². The average molecular weight is 467 g/mol. The number of pyridine rings is 1. The molecule has 35 heavy (non-hydrogen) atoms. The summed E-state index contributed by atoms with van der Waals surface area (Å²) in [5.41, 5.74) is 5.58. The number of carbonyl (C=O) groups excluding carboxylic acids is 2. The SMILES string of the molecule is CCC1=Cc2ncc(CN3C=CC(=C4C=CC(C(=O)NC5(C#N)CC5)N=C4)CC3)cc2NC1=C=O. The summed E-state index contributed by atoms with van der Waals surface area (Å²) in [6.07, 6.45) is 16.5. The Labute approximate surface area is 204 Å². The number of nitrogens with one attached hydrogen (secondary N) is 2. The van der Waals surface area contributed by atoms with Crippen LogP contribution in [-0.2, 0) is 16.1 Å². The van der Waals surface area contributed by atoms with Crippen LogP contribution in [0.4, 0.5) is 5.69 Å². The lowest BCUT2D eigenvalue weighted by molar-refractivity contribution is -0.121. The van der Waals surface area contributed by atoms with E-state index < -0.39 is 11.6 Å². The van der Waals surface area contributed by atoms with Crippen molar-refractivity contribution in [1.29, 1.82) is 5.26 Å². The van der Waals surface area contributed by atoms with Gasteiger partial charge in [-0.1, -0.05) is 19.1 Å². The number of fused-ring (bicyclic) bond motifs is 1. The molecule has 1 aliphatic carbocycles. The second kappa shape index (κ2) is 9.21. The predicted molar refractivity (Wildman–Crippen MR) is 134 cm³/mol. The lowest BCUT2D eigenvalue weighted by atomic mass is 9.99. The molecule has 1 atom stereocenters. The van der Waals surface area contributed by atoms with Crippen LogP contribution >= 0.6 is 0 Å². The van der Waals surface area contributed by atoms with Crippen molar-refractivity contribution in [1.82, 2.24) is 15.2 Å². The molecule has 0 saturated heterocycles. The van der Waals surface area contributed by atoms with Gasteiger partial charge in [-0.25, -0.2) is 4.79 Å². The maximum Gasteiger partial charge on any atom is 0.250 e. The van der Waals surface area contributed by atoms with E-state index in [9.17, 15) is 9.59 Å². The standard InChI is InChI=1S/C27H26N6O2/c1-2-19-12-23-24(31-25(19)16-34)11-18(13-29-23)15-33-9-5-20(6-10-33)21-3-4-22(30-14-21)26(35)32-27(17-28)7-8-27/h3-5,9,11-14,22,31H,2,6-8,10,15H2,1H3,(H,32,35). The van der Waals surface area contributed by atoms with Crippen LogP contribution in [0.2, 0.25) is 0 Å². The molecular weight excluding hydrogens is 440 g/mol. The third-order valence-electron chi connectivity index (χ3n) is 6.69. The molecule has 0 spiro atoms. The maximum absolute atomic E-state index is 12.4. The molecule has 8 nitrogen and oxygen atoms in total. The highest BCUT2D eigenvalue weighted by molar-refractivity contribution is 5.93. The Balaban J connectivity index is 1.21. The van der Waals surface area contributed by atoms with Gasteiger partial charge in [0.05, 0.1) is 17.5 Å². The van der Waals surface area contributed by atoms with Gasteiger partial charge in [-0.15, -0.1) is 0 Å². The number of nitriles is 1. The molecule has 0 radical (unpaired) electrons. The van der Waals surface area contributed by atoms with Gasteiger partial charge in [0.15, 0.2) is 5.94 Å². The van der Waals surface area contributed by atoms with Gasteiger partial charge in [-0.3, -0.25) is 14.8 Å². The van der Waals surface area contributed by atoms with Crippen LogP contribution in [0.15, 0.2) is 64.1 Å². The van der Waals surface area contributed by atoms with Crippen molar-refractivity contribution in [3.8, 4) is 6.07 Å². The summed E-state index contributed by atoms with van der Waals surface area (Å²) < 4.78 is 0. The summed E-state index contributed by atoms with van der Waals surface area (Å²) in [6, 6.07) is 3.62. The molecule has 1 aromatic heterocycles. The average Bonchev–Trinajstić information content (AvgIpc) is 3.68. The van der Waals surface area contributed by atoms with Gasteiger partial charge in [0.1, 0.15) is 17.3 Å². The molecule has 0 aromatic carbocycles. The minimum Gasteiger partial charge on any atom is -0.373 e. The number of hydrogen-bond donors (Lipinski definition) is 2. The predicted octanol–water partition coefficient (Wildman–Crippen LogP) is 3.21. The van der Waals surface area contributed by atoms with Crippen LogP contribution in [0.5, 0.6) is 0 Å². The topological polar surface area (TPSA) is 110 Å². The van der Waals surface area contributed by atoms with Crippen molar-refractivity contribution in [3.63, 3.8) is 0 Å². The third-order valence-corrected chi connectivity index (χ3v) is 6.69. The molecule has 2 N–H and O–H groups in total. The van der Waals surface area contributed by atoms with E-state index in [4.69, 9.17) is 5.26 Å². The van der Waals surface area contributed by atoms with Gasteiger partial charge in [-0.05, 0) is 72.4 Å².